The van der Waals surface area contributed by atoms with Crippen molar-refractivity contribution in [2.75, 3.05) is 0 Å². The van der Waals surface area contributed by atoms with E-state index in [9.17, 15) is 13.2 Å². The van der Waals surface area contributed by atoms with E-state index in [0.29, 0.717) is 12.0 Å². The van der Waals surface area contributed by atoms with Crippen LogP contribution in [0.5, 0.6) is 0 Å². The van der Waals surface area contributed by atoms with Crippen molar-refractivity contribution in [3.8, 4) is 0 Å². The summed E-state index contributed by atoms with van der Waals surface area (Å²) < 4.78 is 40.3. The van der Waals surface area contributed by atoms with Gasteiger partial charge in [0.05, 0.1) is 5.56 Å². The zero-order chi connectivity index (χ0) is 17.3. The first-order valence-corrected chi connectivity index (χ1v) is 9.14. The maximum absolute atomic E-state index is 13.4. The Kier molecular flexibility index (Phi) is 8.72. The Morgan fingerprint density at radius 2 is 1.43 bits per heavy atom. The molecule has 0 N–H and O–H groups in total. The van der Waals surface area contributed by atoms with E-state index in [4.69, 9.17) is 0 Å². The van der Waals surface area contributed by atoms with Crippen LogP contribution in [-0.2, 0) is 12.6 Å². The van der Waals surface area contributed by atoms with Crippen LogP contribution in [0.2, 0.25) is 0 Å². The minimum absolute atomic E-state index is 0.268. The summed E-state index contributed by atoms with van der Waals surface area (Å²) in [5.74, 6) is 0.268. The molecule has 0 bridgehead atoms. The standard InChI is InChI=1S/C20H31F3/c1-4-7-11-16(12-8-5-2)17-14-10-15-19(20(21,22)23)18(17)13-9-6-3/h10,14-16H,4-9,11-13H2,1-3H3. The molecule has 3 heteroatoms. The van der Waals surface area contributed by atoms with E-state index >= 15 is 0 Å². The van der Waals surface area contributed by atoms with Crippen molar-refractivity contribution in [3.05, 3.63) is 34.9 Å². The maximum atomic E-state index is 13.4. The number of rotatable bonds is 10. The van der Waals surface area contributed by atoms with Crippen molar-refractivity contribution in [3.63, 3.8) is 0 Å². The van der Waals surface area contributed by atoms with Gasteiger partial charge in [-0.3, -0.25) is 0 Å². The van der Waals surface area contributed by atoms with Crippen LogP contribution in [0.25, 0.3) is 0 Å². The third-order valence-electron chi connectivity index (χ3n) is 4.55. The zero-order valence-electron chi connectivity index (χ0n) is 14.8. The lowest BCUT2D eigenvalue weighted by Crippen LogP contribution is -2.13. The van der Waals surface area contributed by atoms with Gasteiger partial charge in [0.15, 0.2) is 0 Å². The minimum atomic E-state index is -4.25. The minimum Gasteiger partial charge on any atom is -0.166 e. The van der Waals surface area contributed by atoms with Crippen molar-refractivity contribution in [2.24, 2.45) is 0 Å². The molecule has 1 aromatic rings. The number of alkyl halides is 3. The van der Waals surface area contributed by atoms with Gasteiger partial charge in [-0.05, 0) is 48.8 Å². The second-order valence-electron chi connectivity index (χ2n) is 6.46. The van der Waals surface area contributed by atoms with E-state index < -0.39 is 11.7 Å². The van der Waals surface area contributed by atoms with Crippen LogP contribution >= 0.6 is 0 Å². The van der Waals surface area contributed by atoms with Gasteiger partial charge in [-0.25, -0.2) is 0 Å². The number of unbranched alkanes of at least 4 members (excludes halogenated alkanes) is 3. The summed E-state index contributed by atoms with van der Waals surface area (Å²) in [4.78, 5) is 0. The Labute approximate surface area is 139 Å². The van der Waals surface area contributed by atoms with Crippen LogP contribution in [0.15, 0.2) is 18.2 Å². The Bertz CT molecular complexity index is 441. The molecule has 0 spiro atoms. The van der Waals surface area contributed by atoms with Crippen LogP contribution in [0, 0.1) is 0 Å². The average Bonchev–Trinajstić information content (AvgIpc) is 2.52. The van der Waals surface area contributed by atoms with Crippen molar-refractivity contribution in [2.45, 2.75) is 90.7 Å². The predicted octanol–water partition coefficient (Wildman–Crippen LogP) is 7.51. The van der Waals surface area contributed by atoms with Gasteiger partial charge in [0.1, 0.15) is 0 Å². The van der Waals surface area contributed by atoms with Crippen LogP contribution in [0.4, 0.5) is 13.2 Å². The number of hydrogen-bond acceptors (Lipinski definition) is 0. The summed E-state index contributed by atoms with van der Waals surface area (Å²) in [6.07, 6.45) is 4.35. The first-order valence-electron chi connectivity index (χ1n) is 9.14. The van der Waals surface area contributed by atoms with E-state index in [-0.39, 0.29) is 5.92 Å². The summed E-state index contributed by atoms with van der Waals surface area (Å²) in [5, 5.41) is 0. The van der Waals surface area contributed by atoms with Crippen molar-refractivity contribution >= 4 is 0 Å². The molecule has 132 valence electrons. The van der Waals surface area contributed by atoms with Gasteiger partial charge in [-0.2, -0.15) is 13.2 Å². The number of halogens is 3. The van der Waals surface area contributed by atoms with Gasteiger partial charge in [0.25, 0.3) is 0 Å². The Hall–Kier alpha value is -0.990. The molecule has 0 radical (unpaired) electrons. The van der Waals surface area contributed by atoms with E-state index in [1.165, 1.54) is 6.07 Å². The maximum Gasteiger partial charge on any atom is 0.416 e. The molecule has 0 heterocycles. The third kappa shape index (κ3) is 6.19. The van der Waals surface area contributed by atoms with Crippen LogP contribution in [-0.4, -0.2) is 0 Å². The van der Waals surface area contributed by atoms with E-state index in [0.717, 1.165) is 56.9 Å². The summed E-state index contributed by atoms with van der Waals surface area (Å²) >= 11 is 0. The van der Waals surface area contributed by atoms with Crippen LogP contribution in [0.1, 0.15) is 94.7 Å². The number of hydrogen-bond donors (Lipinski definition) is 0. The highest BCUT2D eigenvalue weighted by molar-refractivity contribution is 5.39. The highest BCUT2D eigenvalue weighted by atomic mass is 19.4. The lowest BCUT2D eigenvalue weighted by molar-refractivity contribution is -0.138. The largest absolute Gasteiger partial charge is 0.416 e. The van der Waals surface area contributed by atoms with Gasteiger partial charge < -0.3 is 0 Å². The molecular formula is C20H31F3. The summed E-state index contributed by atoms with van der Waals surface area (Å²) in [6.45, 7) is 6.31. The molecule has 1 aromatic carbocycles. The monoisotopic (exact) mass is 328 g/mol. The van der Waals surface area contributed by atoms with E-state index in [2.05, 4.69) is 13.8 Å². The molecule has 0 aromatic heterocycles. The fourth-order valence-corrected chi connectivity index (χ4v) is 3.24. The molecule has 1 rings (SSSR count). The molecule has 0 aliphatic carbocycles. The SMILES string of the molecule is CCCCc1c(C(CCCC)CCCC)cccc1C(F)(F)F. The topological polar surface area (TPSA) is 0 Å². The quantitative estimate of drug-likeness (QED) is 0.417. The second-order valence-corrected chi connectivity index (χ2v) is 6.46. The Morgan fingerprint density at radius 3 is 1.91 bits per heavy atom. The molecule has 0 unspecified atom stereocenters. The molecule has 0 atom stereocenters. The molecule has 0 amide bonds. The van der Waals surface area contributed by atoms with Crippen LogP contribution < -0.4 is 0 Å². The third-order valence-corrected chi connectivity index (χ3v) is 4.55. The highest BCUT2D eigenvalue weighted by Crippen LogP contribution is 2.38. The molecule has 0 aliphatic heterocycles. The predicted molar refractivity (Wildman–Crippen MR) is 91.8 cm³/mol. The number of benzene rings is 1. The van der Waals surface area contributed by atoms with Gasteiger partial charge in [-0.1, -0.05) is 65.0 Å². The molecule has 0 aliphatic rings. The molecule has 0 saturated carbocycles. The van der Waals surface area contributed by atoms with Crippen LogP contribution in [0.3, 0.4) is 0 Å². The van der Waals surface area contributed by atoms with E-state index in [1.807, 2.05) is 13.0 Å². The second kappa shape index (κ2) is 10.00. The van der Waals surface area contributed by atoms with Gasteiger partial charge >= 0.3 is 6.18 Å². The molecule has 23 heavy (non-hydrogen) atoms. The van der Waals surface area contributed by atoms with Gasteiger partial charge in [-0.15, -0.1) is 0 Å². The fraction of sp³-hybridized carbons (Fsp3) is 0.700. The molecule has 0 saturated heterocycles. The zero-order valence-corrected chi connectivity index (χ0v) is 14.8. The van der Waals surface area contributed by atoms with Gasteiger partial charge in [0.2, 0.25) is 0 Å². The first kappa shape index (κ1) is 20.1. The fourth-order valence-electron chi connectivity index (χ4n) is 3.24. The van der Waals surface area contributed by atoms with Crippen molar-refractivity contribution in [1.82, 2.24) is 0 Å². The van der Waals surface area contributed by atoms with Crippen molar-refractivity contribution < 1.29 is 13.2 Å². The van der Waals surface area contributed by atoms with Gasteiger partial charge in [0, 0.05) is 0 Å². The van der Waals surface area contributed by atoms with E-state index in [1.54, 1.807) is 6.07 Å². The lowest BCUT2D eigenvalue weighted by atomic mass is 9.83. The lowest BCUT2D eigenvalue weighted by Gasteiger charge is -2.23. The normalized spacial score (nSPS) is 12.1. The smallest absolute Gasteiger partial charge is 0.166 e. The Morgan fingerprint density at radius 1 is 0.870 bits per heavy atom. The average molecular weight is 328 g/mol. The summed E-state index contributed by atoms with van der Waals surface area (Å²) in [7, 11) is 0. The molecule has 0 fully saturated rings. The molecular weight excluding hydrogens is 297 g/mol. The summed E-state index contributed by atoms with van der Waals surface area (Å²) in [5.41, 5.74) is 1.09. The summed E-state index contributed by atoms with van der Waals surface area (Å²) in [6, 6.07) is 4.79. The van der Waals surface area contributed by atoms with Crippen molar-refractivity contribution in [1.29, 1.82) is 0 Å². The molecule has 0 nitrogen and oxygen atoms in total. The first-order chi connectivity index (χ1) is 11.0. The Balaban J connectivity index is 3.22. The highest BCUT2D eigenvalue weighted by Gasteiger charge is 2.34.